The van der Waals surface area contributed by atoms with Crippen LogP contribution in [-0.4, -0.2) is 17.8 Å². The van der Waals surface area contributed by atoms with E-state index in [0.717, 1.165) is 10.9 Å². The third-order valence-electron chi connectivity index (χ3n) is 2.24. The highest BCUT2D eigenvalue weighted by atomic mass is 16.5. The number of hydrogen-bond donors (Lipinski definition) is 0. The smallest absolute Gasteiger partial charge is 0.418 e. The Morgan fingerprint density at radius 1 is 1.47 bits per heavy atom. The molecule has 2 aromatic rings. The number of aromatic nitrogens is 1. The highest BCUT2D eigenvalue weighted by Gasteiger charge is 2.11. The number of methoxy groups -OCH3 is 1. The second-order valence-electron chi connectivity index (χ2n) is 3.04. The van der Waals surface area contributed by atoms with Gasteiger partial charge in [-0.05, 0) is 6.07 Å². The highest BCUT2D eigenvalue weighted by molar-refractivity contribution is 5.93. The number of carbonyl (C=O) groups excluding carboxylic acids is 1. The van der Waals surface area contributed by atoms with Gasteiger partial charge in [0.1, 0.15) is 0 Å². The van der Waals surface area contributed by atoms with Crippen LogP contribution in [0.4, 0.5) is 4.79 Å². The van der Waals surface area contributed by atoms with Crippen molar-refractivity contribution in [1.29, 1.82) is 0 Å². The molecule has 0 fully saturated rings. The van der Waals surface area contributed by atoms with Crippen LogP contribution < -0.4 is 0 Å². The van der Waals surface area contributed by atoms with Gasteiger partial charge in [0.25, 0.3) is 0 Å². The molecule has 15 heavy (non-hydrogen) atoms. The molecule has 74 valence electrons. The van der Waals surface area contributed by atoms with E-state index in [-0.39, 0.29) is 0 Å². The topological polar surface area (TPSA) is 31.2 Å². The molecule has 0 saturated carbocycles. The SMILES string of the molecule is C#Cc1cn(C(=O)OC)c2ccccc12. The van der Waals surface area contributed by atoms with Crippen LogP contribution in [0.2, 0.25) is 0 Å². The molecule has 0 spiro atoms. The van der Waals surface area contributed by atoms with Crippen LogP contribution in [-0.2, 0) is 4.74 Å². The minimum Gasteiger partial charge on any atom is -0.452 e. The van der Waals surface area contributed by atoms with E-state index >= 15 is 0 Å². The predicted molar refractivity (Wildman–Crippen MR) is 57.7 cm³/mol. The molecule has 1 aromatic carbocycles. The molecule has 1 heterocycles. The van der Waals surface area contributed by atoms with Crippen LogP contribution in [0.25, 0.3) is 10.9 Å². The Morgan fingerprint density at radius 2 is 2.20 bits per heavy atom. The summed E-state index contributed by atoms with van der Waals surface area (Å²) in [6, 6.07) is 7.43. The fraction of sp³-hybridized carbons (Fsp3) is 0.0833. The minimum atomic E-state index is -0.437. The van der Waals surface area contributed by atoms with Crippen LogP contribution in [0.15, 0.2) is 30.5 Å². The van der Waals surface area contributed by atoms with Crippen LogP contribution in [0.3, 0.4) is 0 Å². The summed E-state index contributed by atoms with van der Waals surface area (Å²) >= 11 is 0. The maximum absolute atomic E-state index is 11.4. The summed E-state index contributed by atoms with van der Waals surface area (Å²) in [6.07, 6.45) is 6.53. The van der Waals surface area contributed by atoms with Crippen molar-refractivity contribution in [3.63, 3.8) is 0 Å². The van der Waals surface area contributed by atoms with Gasteiger partial charge in [-0.25, -0.2) is 4.79 Å². The largest absolute Gasteiger partial charge is 0.452 e. The molecule has 0 aliphatic carbocycles. The number of fused-ring (bicyclic) bond motifs is 1. The molecule has 3 heteroatoms. The van der Waals surface area contributed by atoms with E-state index in [9.17, 15) is 4.79 Å². The summed E-state index contributed by atoms with van der Waals surface area (Å²) in [5.74, 6) is 2.54. The molecule has 0 aliphatic rings. The Morgan fingerprint density at radius 3 is 2.87 bits per heavy atom. The molecule has 0 saturated heterocycles. The van der Waals surface area contributed by atoms with E-state index in [1.807, 2.05) is 24.3 Å². The van der Waals surface area contributed by atoms with E-state index in [4.69, 9.17) is 6.42 Å². The van der Waals surface area contributed by atoms with Crippen molar-refractivity contribution in [2.75, 3.05) is 7.11 Å². The van der Waals surface area contributed by atoms with E-state index in [1.165, 1.54) is 11.7 Å². The van der Waals surface area contributed by atoms with Crippen LogP contribution >= 0.6 is 0 Å². The van der Waals surface area contributed by atoms with Gasteiger partial charge < -0.3 is 4.74 Å². The van der Waals surface area contributed by atoms with Gasteiger partial charge in [-0.1, -0.05) is 24.1 Å². The summed E-state index contributed by atoms with van der Waals surface area (Å²) in [5, 5.41) is 0.880. The Hall–Kier alpha value is -2.21. The lowest BCUT2D eigenvalue weighted by Crippen LogP contribution is -2.09. The summed E-state index contributed by atoms with van der Waals surface area (Å²) in [6.45, 7) is 0. The lowest BCUT2D eigenvalue weighted by atomic mass is 10.2. The molecule has 0 radical (unpaired) electrons. The number of ether oxygens (including phenoxy) is 1. The Labute approximate surface area is 87.3 Å². The average molecular weight is 199 g/mol. The van der Waals surface area contributed by atoms with Crippen LogP contribution in [0, 0.1) is 12.3 Å². The molecular weight excluding hydrogens is 190 g/mol. The second-order valence-corrected chi connectivity index (χ2v) is 3.04. The first kappa shape index (κ1) is 9.35. The van der Waals surface area contributed by atoms with Crippen molar-refractivity contribution in [3.05, 3.63) is 36.0 Å². The quantitative estimate of drug-likeness (QED) is 0.609. The van der Waals surface area contributed by atoms with Gasteiger partial charge in [-0.15, -0.1) is 6.42 Å². The number of carbonyl (C=O) groups is 1. The molecule has 1 aromatic heterocycles. The van der Waals surface area contributed by atoms with Crippen LogP contribution in [0.1, 0.15) is 5.56 Å². The van der Waals surface area contributed by atoms with Crippen molar-refractivity contribution in [1.82, 2.24) is 4.57 Å². The number of nitrogens with zero attached hydrogens (tertiary/aromatic N) is 1. The van der Waals surface area contributed by atoms with Gasteiger partial charge in [0.2, 0.25) is 0 Å². The van der Waals surface area contributed by atoms with Crippen molar-refractivity contribution in [2.45, 2.75) is 0 Å². The van der Waals surface area contributed by atoms with Crippen molar-refractivity contribution in [2.24, 2.45) is 0 Å². The summed E-state index contributed by atoms with van der Waals surface area (Å²) in [4.78, 5) is 11.4. The van der Waals surface area contributed by atoms with Gasteiger partial charge in [0, 0.05) is 11.6 Å². The molecule has 0 atom stereocenters. The van der Waals surface area contributed by atoms with E-state index in [1.54, 1.807) is 6.20 Å². The summed E-state index contributed by atoms with van der Waals surface area (Å²) in [7, 11) is 1.34. The first-order valence-electron chi connectivity index (χ1n) is 4.43. The molecule has 0 amide bonds. The maximum atomic E-state index is 11.4. The lowest BCUT2D eigenvalue weighted by Gasteiger charge is -2.00. The Bertz CT molecular complexity index is 560. The van der Waals surface area contributed by atoms with Crippen LogP contribution in [0.5, 0.6) is 0 Å². The first-order valence-corrected chi connectivity index (χ1v) is 4.43. The number of rotatable bonds is 0. The first-order chi connectivity index (χ1) is 7.27. The zero-order valence-corrected chi connectivity index (χ0v) is 8.23. The fourth-order valence-electron chi connectivity index (χ4n) is 1.54. The minimum absolute atomic E-state index is 0.437. The molecule has 2 rings (SSSR count). The third-order valence-corrected chi connectivity index (χ3v) is 2.24. The second kappa shape index (κ2) is 3.50. The zero-order valence-electron chi connectivity index (χ0n) is 8.23. The van der Waals surface area contributed by atoms with Crippen molar-refractivity contribution in [3.8, 4) is 12.3 Å². The van der Waals surface area contributed by atoms with Gasteiger partial charge in [-0.2, -0.15) is 0 Å². The predicted octanol–water partition coefficient (Wildman–Crippen LogP) is 2.24. The van der Waals surface area contributed by atoms with E-state index in [2.05, 4.69) is 10.7 Å². The number of terminal acetylenes is 1. The molecule has 3 nitrogen and oxygen atoms in total. The van der Waals surface area contributed by atoms with Gasteiger partial charge >= 0.3 is 6.09 Å². The highest BCUT2D eigenvalue weighted by Crippen LogP contribution is 2.20. The summed E-state index contributed by atoms with van der Waals surface area (Å²) < 4.78 is 6.06. The summed E-state index contributed by atoms with van der Waals surface area (Å²) in [5.41, 5.74) is 1.45. The number of benzene rings is 1. The molecule has 0 N–H and O–H groups in total. The van der Waals surface area contributed by atoms with Gasteiger partial charge in [-0.3, -0.25) is 4.57 Å². The Balaban J connectivity index is 2.77. The van der Waals surface area contributed by atoms with Crippen molar-refractivity contribution < 1.29 is 9.53 Å². The molecule has 0 bridgehead atoms. The number of para-hydroxylation sites is 1. The fourth-order valence-corrected chi connectivity index (χ4v) is 1.54. The maximum Gasteiger partial charge on any atom is 0.418 e. The third kappa shape index (κ3) is 1.36. The Kier molecular flexibility index (Phi) is 2.18. The van der Waals surface area contributed by atoms with Gasteiger partial charge in [0.05, 0.1) is 18.2 Å². The molecule has 0 unspecified atom stereocenters. The average Bonchev–Trinajstić information content (AvgIpc) is 2.67. The van der Waals surface area contributed by atoms with E-state index < -0.39 is 6.09 Å². The molecule has 0 aliphatic heterocycles. The lowest BCUT2D eigenvalue weighted by molar-refractivity contribution is 0.174. The molecular formula is C12H9NO2. The number of hydrogen-bond acceptors (Lipinski definition) is 2. The van der Waals surface area contributed by atoms with Gasteiger partial charge in [0.15, 0.2) is 0 Å². The van der Waals surface area contributed by atoms with E-state index in [0.29, 0.717) is 5.56 Å². The normalized spacial score (nSPS) is 9.87. The standard InChI is InChI=1S/C12H9NO2/c1-3-9-8-13(12(14)15-2)11-7-5-4-6-10(9)11/h1,4-8H,2H3. The monoisotopic (exact) mass is 199 g/mol. The zero-order chi connectivity index (χ0) is 10.8. The van der Waals surface area contributed by atoms with Crippen molar-refractivity contribution >= 4 is 17.0 Å².